The molecule has 5 aliphatic rings. The summed E-state index contributed by atoms with van der Waals surface area (Å²) in [6, 6.07) is 75.6. The number of carbonyl (C=O) groups excluding carboxylic acids is 5. The zero-order valence-electron chi connectivity index (χ0n) is 82.6. The third kappa shape index (κ3) is 27.2. The number of hydrogen-bond acceptors (Lipinski definition) is 20. The number of anilines is 1. The Balaban J connectivity index is 0.000000190. The van der Waals surface area contributed by atoms with Gasteiger partial charge in [0.25, 0.3) is 56.7 Å². The van der Waals surface area contributed by atoms with Gasteiger partial charge in [0.05, 0.1) is 62.0 Å². The van der Waals surface area contributed by atoms with Crippen LogP contribution in [0.5, 0.6) is 28.7 Å². The molecule has 14 aromatic rings. The molecule has 0 bridgehead atoms. The first kappa shape index (κ1) is 116. The number of rotatable bonds is 23. The van der Waals surface area contributed by atoms with Crippen molar-refractivity contribution in [1.29, 1.82) is 0 Å². The second kappa shape index (κ2) is 52.4. The number of hydrogen-bond donors (Lipinski definition) is 10. The summed E-state index contributed by atoms with van der Waals surface area (Å²) >= 11 is 0. The average molecular weight is 2040 g/mol. The minimum atomic E-state index is -0.812. The lowest BCUT2D eigenvalue weighted by Gasteiger charge is -2.31. The predicted molar refractivity (Wildman–Crippen MR) is 592 cm³/mol. The van der Waals surface area contributed by atoms with Crippen molar-refractivity contribution in [1.82, 2.24) is 70.2 Å². The van der Waals surface area contributed by atoms with Gasteiger partial charge in [-0.1, -0.05) is 332 Å². The molecule has 5 fully saturated rings. The summed E-state index contributed by atoms with van der Waals surface area (Å²) < 4.78 is 7.46. The molecule has 5 heterocycles. The highest BCUT2D eigenvalue weighted by atomic mass is 16.3. The van der Waals surface area contributed by atoms with Crippen molar-refractivity contribution >= 4 is 35.2 Å². The van der Waals surface area contributed by atoms with Gasteiger partial charge in [0.2, 0.25) is 0 Å². The normalized spacial score (nSPS) is 14.3. The minimum absolute atomic E-state index is 0. The Morgan fingerprint density at radius 1 is 0.327 bits per heavy atom. The Kier molecular flexibility index (Phi) is 40.4. The molecular weight excluding hydrogens is 1890 g/mol. The van der Waals surface area contributed by atoms with E-state index in [1.807, 2.05) is 127 Å². The van der Waals surface area contributed by atoms with Crippen molar-refractivity contribution in [2.24, 2.45) is 0 Å². The van der Waals surface area contributed by atoms with Crippen LogP contribution in [0, 0.1) is 20.8 Å². The van der Waals surface area contributed by atoms with Crippen molar-refractivity contribution in [3.63, 3.8) is 0 Å². The molecule has 9 aromatic carbocycles. The van der Waals surface area contributed by atoms with Crippen LogP contribution in [-0.2, 0) is 35.9 Å². The van der Waals surface area contributed by atoms with Gasteiger partial charge in [0, 0.05) is 59.2 Å². The number of aromatic hydroxyl groups is 5. The summed E-state index contributed by atoms with van der Waals surface area (Å²) in [4.78, 5) is 123. The molecule has 19 rings (SSSR count). The highest BCUT2D eigenvalue weighted by Gasteiger charge is 2.41. The van der Waals surface area contributed by atoms with E-state index in [9.17, 15) is 73.5 Å². The molecule has 0 spiro atoms. The van der Waals surface area contributed by atoms with Gasteiger partial charge in [-0.3, -0.25) is 62.0 Å². The van der Waals surface area contributed by atoms with Crippen molar-refractivity contribution in [2.75, 3.05) is 19.4 Å². The molecule has 5 amide bonds. The van der Waals surface area contributed by atoms with Gasteiger partial charge in [-0.05, 0) is 166 Å². The number of benzene rings is 9. The van der Waals surface area contributed by atoms with E-state index in [1.165, 1.54) is 99.8 Å². The second-order valence-electron chi connectivity index (χ2n) is 38.6. The topological polar surface area (TPSA) is 421 Å². The fourth-order valence-electron chi connectivity index (χ4n) is 20.3. The van der Waals surface area contributed by atoms with Gasteiger partial charge in [-0.25, -0.2) is 9.36 Å². The van der Waals surface area contributed by atoms with E-state index in [1.54, 1.807) is 38.3 Å². The average Bonchev–Trinajstić information content (AvgIpc) is 1.44. The summed E-state index contributed by atoms with van der Waals surface area (Å²) in [5, 5.41) is 85.4. The summed E-state index contributed by atoms with van der Waals surface area (Å²) in [7, 11) is 2.81. The van der Waals surface area contributed by atoms with Gasteiger partial charge in [-0.2, -0.15) is 25.5 Å². The number of nitrogens with zero attached hydrogens (tertiary/aromatic N) is 10. The molecule has 10 N–H and O–H groups in total. The lowest BCUT2D eigenvalue weighted by Crippen LogP contribution is -2.42. The standard InChI is InChI=1S/C24H31N3O3.C24H25N3O3.C24H19N3O3.C22H27N3O3.C21H21N3O3.5CH4/c2*1-17-8-7-9-18(14-17)24(12-5-6-13-24)16-27-15-20(28)22(29)21(26-27)23(30)25-19-10-3-2-4-11-19;1-25-24(30)22-23(29)21(28)15-27(26-22)20-14-8-7-13-19(20)18-12-6-5-11-17(18)16-9-3-2-4-10-16;1-15-6-4-7-16(12-15)22(10-2-3-11-22)14-25-13-18(26)20(27)19(24-25)21(28)23-17-8-5-9-17;1-13(2)14-8-4-5-9-15(14)16-10-6-7-11-17(16)24-12-18(25)20(26)19(23-24)21(27)22-3;;;;;/h7-9,14-15,19,28H,2-6,10-13,16H2,1H3,(H,25,30);2-4,7-11,14-15,28H,5-6,12-13,16H2,1H3,(H,25,30);2-15,28H,1H3,(H,25,30);4,6-7,12-13,17,26H,2-3,5,8-11,14H2,1H3,(H,23,28);4-13,25H,1-3H3,(H,22,27);5*1H4. The number of amides is 5. The smallest absolute Gasteiger partial charge is 0.280 e. The molecule has 0 unspecified atom stereocenters. The molecule has 0 saturated heterocycles. The monoisotopic (exact) mass is 2030 g/mol. The fourth-order valence-corrected chi connectivity index (χ4v) is 20.3. The van der Waals surface area contributed by atoms with Gasteiger partial charge < -0.3 is 52.1 Å². The predicted octanol–water partition coefficient (Wildman–Crippen LogP) is 20.8. The van der Waals surface area contributed by atoms with Crippen LogP contribution < -0.4 is 53.7 Å². The first-order valence-electron chi connectivity index (χ1n) is 49.6. The number of aromatic nitrogens is 10. The third-order valence-electron chi connectivity index (χ3n) is 28.0. The zero-order valence-corrected chi connectivity index (χ0v) is 82.6. The Morgan fingerprint density at radius 2 is 0.633 bits per heavy atom. The van der Waals surface area contributed by atoms with Gasteiger partial charge >= 0.3 is 0 Å². The maximum Gasteiger partial charge on any atom is 0.280 e. The van der Waals surface area contributed by atoms with Crippen LogP contribution in [0.3, 0.4) is 0 Å². The maximum absolute atomic E-state index is 12.8. The van der Waals surface area contributed by atoms with E-state index < -0.39 is 85.4 Å². The number of nitrogens with one attached hydrogen (secondary N) is 5. The third-order valence-corrected chi connectivity index (χ3v) is 28.0. The van der Waals surface area contributed by atoms with E-state index in [0.717, 1.165) is 155 Å². The Hall–Kier alpha value is -16.3. The summed E-state index contributed by atoms with van der Waals surface area (Å²) in [5.74, 6) is -4.99. The van der Waals surface area contributed by atoms with Crippen LogP contribution in [0.15, 0.2) is 285 Å². The SMILES string of the molecule is C.C.C.C.C.CNC(=O)c1nn(-c2ccccc2-c2ccccc2-c2ccccc2)cc(O)c1=O.CNC(=O)c1nn(-c2ccccc2-c2ccccc2C(C)C)cc(O)c1=O.Cc1cccc(C2(Cn3cc(O)c(=O)c(C(=O)NC4CCC4)n3)CCCC2)c1.Cc1cccc(C2(Cn3cc(O)c(=O)c(C(=O)NC4CCCCC4)n3)CCCC2)c1.Cc1cccc(C2(Cn3cc(O)c(=O)c(C(=O)Nc4ccccc4)n3)CCCC2)c1. The van der Waals surface area contributed by atoms with Crippen LogP contribution in [0.25, 0.3) is 44.8 Å². The summed E-state index contributed by atoms with van der Waals surface area (Å²) in [5.41, 5.74) is 10.6. The number of aryl methyl sites for hydroxylation is 3. The van der Waals surface area contributed by atoms with Crippen LogP contribution >= 0.6 is 0 Å². The molecule has 5 aliphatic carbocycles. The number of para-hydroxylation sites is 3. The first-order valence-corrected chi connectivity index (χ1v) is 49.6. The molecule has 0 aliphatic heterocycles. The van der Waals surface area contributed by atoms with Crippen molar-refractivity contribution in [2.45, 2.75) is 254 Å². The quantitative estimate of drug-likeness (QED) is 0.0284. The highest BCUT2D eigenvalue weighted by molar-refractivity contribution is 6.03. The number of carbonyl (C=O) groups is 5. The summed E-state index contributed by atoms with van der Waals surface area (Å²) in [6.07, 6.45) is 27.5. The van der Waals surface area contributed by atoms with Crippen LogP contribution in [0.4, 0.5) is 5.69 Å². The van der Waals surface area contributed by atoms with Crippen molar-refractivity contribution in [3.8, 4) is 73.5 Å². The van der Waals surface area contributed by atoms with Crippen molar-refractivity contribution in [3.05, 3.63) is 380 Å². The maximum atomic E-state index is 12.8. The minimum Gasteiger partial charge on any atom is -0.503 e. The van der Waals surface area contributed by atoms with E-state index in [2.05, 4.69) is 166 Å². The van der Waals surface area contributed by atoms with E-state index in [0.29, 0.717) is 42.6 Å². The Morgan fingerprint density at radius 3 is 0.987 bits per heavy atom. The van der Waals surface area contributed by atoms with Gasteiger partial charge in [0.15, 0.2) is 57.2 Å². The van der Waals surface area contributed by atoms with Crippen LogP contribution in [0.2, 0.25) is 0 Å². The van der Waals surface area contributed by atoms with Crippen LogP contribution in [-0.4, -0.2) is 130 Å². The lowest BCUT2D eigenvalue weighted by atomic mass is 9.78. The molecule has 30 nitrogen and oxygen atoms in total. The molecule has 0 radical (unpaired) electrons. The molecular formula is C120H143N15O15. The van der Waals surface area contributed by atoms with E-state index in [4.69, 9.17) is 0 Å². The highest BCUT2D eigenvalue weighted by Crippen LogP contribution is 2.47. The van der Waals surface area contributed by atoms with Gasteiger partial charge in [-0.15, -0.1) is 0 Å². The fraction of sp³-hybridized carbons (Fsp3) is 0.342. The largest absolute Gasteiger partial charge is 0.503 e. The lowest BCUT2D eigenvalue weighted by molar-refractivity contribution is 0.0901. The van der Waals surface area contributed by atoms with Crippen LogP contribution in [0.1, 0.15) is 277 Å². The Labute approximate surface area is 876 Å². The molecule has 788 valence electrons. The summed E-state index contributed by atoms with van der Waals surface area (Å²) in [6.45, 7) is 12.0. The molecule has 5 saturated carbocycles. The molecule has 5 aromatic heterocycles. The van der Waals surface area contributed by atoms with E-state index in [-0.39, 0.29) is 93.9 Å². The Bertz CT molecular complexity index is 7370. The zero-order chi connectivity index (χ0) is 103. The molecule has 0 atom stereocenters. The van der Waals surface area contributed by atoms with E-state index >= 15 is 0 Å². The molecule has 150 heavy (non-hydrogen) atoms. The van der Waals surface area contributed by atoms with Crippen molar-refractivity contribution < 1.29 is 49.5 Å². The second-order valence-corrected chi connectivity index (χ2v) is 38.6. The first-order chi connectivity index (χ1) is 69.9. The van der Waals surface area contributed by atoms with Gasteiger partial charge in [0.1, 0.15) is 0 Å². The molecule has 30 heteroatoms.